The van der Waals surface area contributed by atoms with E-state index in [1.807, 2.05) is 12.1 Å². The van der Waals surface area contributed by atoms with Gasteiger partial charge in [0.25, 0.3) is 5.91 Å². The number of rotatable bonds is 7. The minimum atomic E-state index is -0.218. The van der Waals surface area contributed by atoms with Crippen LogP contribution in [0.3, 0.4) is 0 Å². The van der Waals surface area contributed by atoms with Crippen LogP contribution in [0.25, 0.3) is 0 Å². The average Bonchev–Trinajstić information content (AvgIpc) is 2.73. The van der Waals surface area contributed by atoms with Gasteiger partial charge in [-0.25, -0.2) is 4.98 Å². The highest BCUT2D eigenvalue weighted by molar-refractivity contribution is 9.10. The number of aromatic nitrogens is 2. The summed E-state index contributed by atoms with van der Waals surface area (Å²) in [5.74, 6) is 1.77. The lowest BCUT2D eigenvalue weighted by molar-refractivity contribution is 0.102. The standard InChI is InChI=1S/C20H18BrN3O3S/c1-26-17-11-18(27-2)16(21)10-13(17)12-28-20-15(4-3-7-23-20)19(25)24-14-5-8-22-9-6-14/h3-11H,12H2,1-2H3,(H,22,24,25). The van der Waals surface area contributed by atoms with Crippen molar-refractivity contribution in [1.29, 1.82) is 0 Å². The van der Waals surface area contributed by atoms with Crippen molar-refractivity contribution < 1.29 is 14.3 Å². The summed E-state index contributed by atoms with van der Waals surface area (Å²) >= 11 is 4.96. The molecule has 8 heteroatoms. The van der Waals surface area contributed by atoms with Gasteiger partial charge in [-0.05, 0) is 46.3 Å². The molecule has 0 spiro atoms. The fraction of sp³-hybridized carbons (Fsp3) is 0.150. The Balaban J connectivity index is 1.79. The molecular weight excluding hydrogens is 442 g/mol. The van der Waals surface area contributed by atoms with Crippen LogP contribution in [0.4, 0.5) is 5.69 Å². The monoisotopic (exact) mass is 459 g/mol. The Morgan fingerprint density at radius 1 is 1.11 bits per heavy atom. The smallest absolute Gasteiger partial charge is 0.258 e. The van der Waals surface area contributed by atoms with E-state index in [4.69, 9.17) is 9.47 Å². The van der Waals surface area contributed by atoms with E-state index in [-0.39, 0.29) is 5.91 Å². The highest BCUT2D eigenvalue weighted by Crippen LogP contribution is 2.36. The molecule has 0 fully saturated rings. The molecule has 3 aromatic rings. The number of anilines is 1. The molecule has 2 heterocycles. The van der Waals surface area contributed by atoms with Crippen molar-refractivity contribution in [2.75, 3.05) is 19.5 Å². The number of hydrogen-bond donors (Lipinski definition) is 1. The Labute approximate surface area is 175 Å². The average molecular weight is 460 g/mol. The Hall–Kier alpha value is -2.58. The maximum absolute atomic E-state index is 12.7. The zero-order valence-electron chi connectivity index (χ0n) is 15.3. The molecule has 1 amide bonds. The number of nitrogens with one attached hydrogen (secondary N) is 1. The largest absolute Gasteiger partial charge is 0.496 e. The Kier molecular flexibility index (Phi) is 6.89. The first kappa shape index (κ1) is 20.2. The number of amides is 1. The van der Waals surface area contributed by atoms with Crippen molar-refractivity contribution >= 4 is 39.3 Å². The van der Waals surface area contributed by atoms with Gasteiger partial charge >= 0.3 is 0 Å². The quantitative estimate of drug-likeness (QED) is 0.511. The summed E-state index contributed by atoms with van der Waals surface area (Å²) in [5, 5.41) is 3.50. The van der Waals surface area contributed by atoms with Gasteiger partial charge in [0.2, 0.25) is 0 Å². The molecule has 0 aliphatic carbocycles. The maximum atomic E-state index is 12.7. The summed E-state index contributed by atoms with van der Waals surface area (Å²) in [6, 6.07) is 10.8. The molecule has 0 unspecified atom stereocenters. The number of carbonyl (C=O) groups is 1. The predicted molar refractivity (Wildman–Crippen MR) is 113 cm³/mol. The van der Waals surface area contributed by atoms with Crippen LogP contribution in [0.2, 0.25) is 0 Å². The SMILES string of the molecule is COc1cc(OC)c(CSc2ncccc2C(=O)Nc2ccncc2)cc1Br. The van der Waals surface area contributed by atoms with Gasteiger partial charge in [-0.15, -0.1) is 11.8 Å². The molecular formula is C20H18BrN3O3S. The van der Waals surface area contributed by atoms with Crippen LogP contribution >= 0.6 is 27.7 Å². The Bertz CT molecular complexity index is 970. The summed E-state index contributed by atoms with van der Waals surface area (Å²) in [6.07, 6.45) is 4.93. The molecule has 0 bridgehead atoms. The highest BCUT2D eigenvalue weighted by Gasteiger charge is 2.15. The van der Waals surface area contributed by atoms with E-state index in [1.165, 1.54) is 11.8 Å². The van der Waals surface area contributed by atoms with Crippen molar-refractivity contribution in [2.45, 2.75) is 10.8 Å². The number of nitrogens with zero attached hydrogens (tertiary/aromatic N) is 2. The molecule has 0 aliphatic rings. The van der Waals surface area contributed by atoms with Crippen molar-refractivity contribution in [2.24, 2.45) is 0 Å². The normalized spacial score (nSPS) is 10.4. The first-order valence-corrected chi connectivity index (χ1v) is 10.1. The molecule has 0 saturated carbocycles. The predicted octanol–water partition coefficient (Wildman–Crippen LogP) is 4.80. The first-order chi connectivity index (χ1) is 13.6. The van der Waals surface area contributed by atoms with E-state index in [9.17, 15) is 4.79 Å². The molecule has 28 heavy (non-hydrogen) atoms. The van der Waals surface area contributed by atoms with Gasteiger partial charge in [0, 0.05) is 41.7 Å². The van der Waals surface area contributed by atoms with Gasteiger partial charge in [-0.1, -0.05) is 0 Å². The zero-order chi connectivity index (χ0) is 19.9. The van der Waals surface area contributed by atoms with Crippen LogP contribution < -0.4 is 14.8 Å². The lowest BCUT2D eigenvalue weighted by Crippen LogP contribution is -2.13. The number of halogens is 1. The molecule has 0 saturated heterocycles. The third-order valence-electron chi connectivity index (χ3n) is 3.87. The number of methoxy groups -OCH3 is 2. The Morgan fingerprint density at radius 3 is 2.57 bits per heavy atom. The van der Waals surface area contributed by atoms with Gasteiger partial charge in [0.1, 0.15) is 16.5 Å². The number of hydrogen-bond acceptors (Lipinski definition) is 6. The van der Waals surface area contributed by atoms with Gasteiger partial charge in [-0.3, -0.25) is 9.78 Å². The fourth-order valence-electron chi connectivity index (χ4n) is 2.49. The van der Waals surface area contributed by atoms with E-state index in [0.717, 1.165) is 10.0 Å². The summed E-state index contributed by atoms with van der Waals surface area (Å²) in [4.78, 5) is 21.0. The number of thioether (sulfide) groups is 1. The summed E-state index contributed by atoms with van der Waals surface area (Å²) in [7, 11) is 3.22. The van der Waals surface area contributed by atoms with E-state index in [2.05, 4.69) is 31.2 Å². The maximum Gasteiger partial charge on any atom is 0.258 e. The Morgan fingerprint density at radius 2 is 1.86 bits per heavy atom. The second kappa shape index (κ2) is 9.57. The minimum absolute atomic E-state index is 0.218. The van der Waals surface area contributed by atoms with E-state index in [0.29, 0.717) is 33.5 Å². The second-order valence-electron chi connectivity index (χ2n) is 5.63. The minimum Gasteiger partial charge on any atom is -0.496 e. The van der Waals surface area contributed by atoms with E-state index < -0.39 is 0 Å². The van der Waals surface area contributed by atoms with Crippen molar-refractivity contribution in [3.8, 4) is 11.5 Å². The number of ether oxygens (including phenoxy) is 2. The first-order valence-electron chi connectivity index (χ1n) is 8.32. The zero-order valence-corrected chi connectivity index (χ0v) is 17.7. The summed E-state index contributed by atoms with van der Waals surface area (Å²) < 4.78 is 11.6. The molecule has 6 nitrogen and oxygen atoms in total. The van der Waals surface area contributed by atoms with Crippen LogP contribution in [0.15, 0.2) is 64.5 Å². The molecule has 0 atom stereocenters. The van der Waals surface area contributed by atoms with Crippen LogP contribution in [-0.4, -0.2) is 30.1 Å². The van der Waals surface area contributed by atoms with Crippen LogP contribution in [0.1, 0.15) is 15.9 Å². The van der Waals surface area contributed by atoms with E-state index in [1.54, 1.807) is 57.1 Å². The van der Waals surface area contributed by atoms with Crippen LogP contribution in [0.5, 0.6) is 11.5 Å². The van der Waals surface area contributed by atoms with Crippen molar-refractivity contribution in [3.63, 3.8) is 0 Å². The third-order valence-corrected chi connectivity index (χ3v) is 5.55. The highest BCUT2D eigenvalue weighted by atomic mass is 79.9. The molecule has 2 aromatic heterocycles. The van der Waals surface area contributed by atoms with Crippen LogP contribution in [0, 0.1) is 0 Å². The summed E-state index contributed by atoms with van der Waals surface area (Å²) in [5.41, 5.74) is 2.16. The second-order valence-corrected chi connectivity index (χ2v) is 7.45. The fourth-order valence-corrected chi connectivity index (χ4v) is 4.02. The lowest BCUT2D eigenvalue weighted by Gasteiger charge is -2.13. The number of pyridine rings is 2. The van der Waals surface area contributed by atoms with Gasteiger partial charge < -0.3 is 14.8 Å². The van der Waals surface area contributed by atoms with Crippen molar-refractivity contribution in [1.82, 2.24) is 9.97 Å². The van der Waals surface area contributed by atoms with Crippen LogP contribution in [-0.2, 0) is 5.75 Å². The number of carbonyl (C=O) groups excluding carboxylic acids is 1. The summed E-state index contributed by atoms with van der Waals surface area (Å²) in [6.45, 7) is 0. The van der Waals surface area contributed by atoms with E-state index >= 15 is 0 Å². The lowest BCUT2D eigenvalue weighted by atomic mass is 10.2. The molecule has 1 N–H and O–H groups in total. The van der Waals surface area contributed by atoms with Gasteiger partial charge in [0.05, 0.1) is 24.3 Å². The number of benzene rings is 1. The molecule has 3 rings (SSSR count). The van der Waals surface area contributed by atoms with Gasteiger partial charge in [-0.2, -0.15) is 0 Å². The van der Waals surface area contributed by atoms with Crippen molar-refractivity contribution in [3.05, 3.63) is 70.6 Å². The molecule has 0 radical (unpaired) electrons. The molecule has 144 valence electrons. The topological polar surface area (TPSA) is 73.3 Å². The third kappa shape index (κ3) is 4.82. The van der Waals surface area contributed by atoms with Gasteiger partial charge in [0.15, 0.2) is 0 Å². The molecule has 1 aromatic carbocycles. The molecule has 0 aliphatic heterocycles.